The van der Waals surface area contributed by atoms with Crippen molar-refractivity contribution in [2.45, 2.75) is 25.6 Å². The second kappa shape index (κ2) is 7.39. The number of nitrogens with zero attached hydrogens (tertiary/aromatic N) is 4. The number of anilines is 1. The summed E-state index contributed by atoms with van der Waals surface area (Å²) in [6.45, 7) is 5.45. The molecule has 4 nitrogen and oxygen atoms in total. The lowest BCUT2D eigenvalue weighted by atomic mass is 10.1. The van der Waals surface area contributed by atoms with Gasteiger partial charge in [-0.3, -0.25) is 9.88 Å². The molecule has 0 spiro atoms. The molecule has 0 amide bonds. The van der Waals surface area contributed by atoms with Crippen LogP contribution < -0.4 is 4.90 Å². The summed E-state index contributed by atoms with van der Waals surface area (Å²) in [4.78, 5) is 12.6. The molecular formula is C18H21F3N4. The van der Waals surface area contributed by atoms with Crippen LogP contribution in [-0.2, 0) is 6.18 Å². The third-order valence-corrected chi connectivity index (χ3v) is 4.64. The van der Waals surface area contributed by atoms with E-state index in [2.05, 4.69) is 32.8 Å². The Morgan fingerprint density at radius 1 is 1.04 bits per heavy atom. The Morgan fingerprint density at radius 3 is 2.52 bits per heavy atom. The monoisotopic (exact) mass is 350 g/mol. The zero-order chi connectivity index (χ0) is 17.9. The normalized spacial score (nSPS) is 18.0. The molecule has 134 valence electrons. The van der Waals surface area contributed by atoms with Gasteiger partial charge in [0.25, 0.3) is 0 Å². The number of aromatic nitrogens is 2. The van der Waals surface area contributed by atoms with Crippen LogP contribution in [0.2, 0.25) is 0 Å². The SMILES string of the molecule is CC(c1cccnc1)N1CCCN(c2ccc(C(F)(F)F)cn2)CC1. The minimum absolute atomic E-state index is 0.259. The van der Waals surface area contributed by atoms with E-state index in [1.54, 1.807) is 6.20 Å². The summed E-state index contributed by atoms with van der Waals surface area (Å²) < 4.78 is 38.0. The highest BCUT2D eigenvalue weighted by Gasteiger charge is 2.31. The summed E-state index contributed by atoms with van der Waals surface area (Å²) in [5.74, 6) is 0.601. The van der Waals surface area contributed by atoms with E-state index in [1.807, 2.05) is 12.3 Å². The molecule has 0 aromatic carbocycles. The molecule has 25 heavy (non-hydrogen) atoms. The first kappa shape index (κ1) is 17.7. The van der Waals surface area contributed by atoms with E-state index in [9.17, 15) is 13.2 Å². The maximum Gasteiger partial charge on any atom is 0.417 e. The summed E-state index contributed by atoms with van der Waals surface area (Å²) in [6, 6.07) is 6.82. The first-order chi connectivity index (χ1) is 11.9. The molecule has 1 fully saturated rings. The van der Waals surface area contributed by atoms with Crippen molar-refractivity contribution >= 4 is 5.82 Å². The van der Waals surface area contributed by atoms with Crippen molar-refractivity contribution in [1.82, 2.24) is 14.9 Å². The molecule has 0 bridgehead atoms. The van der Waals surface area contributed by atoms with Gasteiger partial charge in [0, 0.05) is 50.8 Å². The fourth-order valence-electron chi connectivity index (χ4n) is 3.13. The van der Waals surface area contributed by atoms with Crippen LogP contribution in [0.15, 0.2) is 42.9 Å². The van der Waals surface area contributed by atoms with E-state index in [0.29, 0.717) is 5.82 Å². The molecule has 3 rings (SSSR count). The van der Waals surface area contributed by atoms with Crippen LogP contribution in [0.25, 0.3) is 0 Å². The molecular weight excluding hydrogens is 329 g/mol. The van der Waals surface area contributed by atoms with E-state index in [0.717, 1.165) is 44.9 Å². The lowest BCUT2D eigenvalue weighted by Crippen LogP contribution is -2.32. The van der Waals surface area contributed by atoms with Crippen LogP contribution >= 0.6 is 0 Å². The summed E-state index contributed by atoms with van der Waals surface area (Å²) in [5.41, 5.74) is 0.460. The van der Waals surface area contributed by atoms with E-state index >= 15 is 0 Å². The van der Waals surface area contributed by atoms with Gasteiger partial charge >= 0.3 is 6.18 Å². The number of pyridine rings is 2. The van der Waals surface area contributed by atoms with Gasteiger partial charge in [-0.2, -0.15) is 13.2 Å². The highest BCUT2D eigenvalue weighted by atomic mass is 19.4. The van der Waals surface area contributed by atoms with E-state index in [4.69, 9.17) is 0 Å². The molecule has 1 saturated heterocycles. The van der Waals surface area contributed by atoms with Crippen molar-refractivity contribution in [3.63, 3.8) is 0 Å². The van der Waals surface area contributed by atoms with Crippen molar-refractivity contribution in [2.75, 3.05) is 31.1 Å². The standard InChI is InChI=1S/C18H21F3N4/c1-14(15-4-2-7-22-12-15)24-8-3-9-25(11-10-24)17-6-5-16(13-23-17)18(19,20)21/h2,4-7,12-14H,3,8-11H2,1H3. The van der Waals surface area contributed by atoms with Gasteiger partial charge in [-0.1, -0.05) is 6.07 Å². The maximum absolute atomic E-state index is 12.7. The predicted octanol–water partition coefficient (Wildman–Crippen LogP) is 3.77. The fourth-order valence-corrected chi connectivity index (χ4v) is 3.13. The minimum Gasteiger partial charge on any atom is -0.355 e. The van der Waals surface area contributed by atoms with Crippen LogP contribution in [0.5, 0.6) is 0 Å². The van der Waals surface area contributed by atoms with Crippen LogP contribution in [0.3, 0.4) is 0 Å². The topological polar surface area (TPSA) is 32.3 Å². The number of hydrogen-bond donors (Lipinski definition) is 0. The molecule has 1 aliphatic heterocycles. The number of hydrogen-bond acceptors (Lipinski definition) is 4. The van der Waals surface area contributed by atoms with E-state index in [-0.39, 0.29) is 6.04 Å². The largest absolute Gasteiger partial charge is 0.417 e. The molecule has 0 radical (unpaired) electrons. The average molecular weight is 350 g/mol. The van der Waals surface area contributed by atoms with Crippen LogP contribution in [0, 0.1) is 0 Å². The first-order valence-electron chi connectivity index (χ1n) is 8.37. The summed E-state index contributed by atoms with van der Waals surface area (Å²) in [7, 11) is 0. The Morgan fingerprint density at radius 2 is 1.88 bits per heavy atom. The summed E-state index contributed by atoms with van der Waals surface area (Å²) >= 11 is 0. The Labute approximate surface area is 145 Å². The lowest BCUT2D eigenvalue weighted by Gasteiger charge is -2.28. The van der Waals surface area contributed by atoms with Gasteiger partial charge in [-0.15, -0.1) is 0 Å². The zero-order valence-electron chi connectivity index (χ0n) is 14.1. The van der Waals surface area contributed by atoms with Gasteiger partial charge in [0.05, 0.1) is 5.56 Å². The van der Waals surface area contributed by atoms with Gasteiger partial charge in [-0.25, -0.2) is 4.98 Å². The average Bonchev–Trinajstić information content (AvgIpc) is 2.87. The van der Waals surface area contributed by atoms with Gasteiger partial charge in [-0.05, 0) is 37.1 Å². The molecule has 0 aliphatic carbocycles. The molecule has 3 heterocycles. The van der Waals surface area contributed by atoms with E-state index < -0.39 is 11.7 Å². The number of halogens is 3. The summed E-state index contributed by atoms with van der Waals surface area (Å²) in [5, 5.41) is 0. The molecule has 7 heteroatoms. The Hall–Kier alpha value is -2.15. The Balaban J connectivity index is 1.65. The second-order valence-corrected chi connectivity index (χ2v) is 6.24. The molecule has 1 aliphatic rings. The van der Waals surface area contributed by atoms with Gasteiger partial charge < -0.3 is 4.90 Å². The third-order valence-electron chi connectivity index (χ3n) is 4.64. The smallest absolute Gasteiger partial charge is 0.355 e. The van der Waals surface area contributed by atoms with Crippen LogP contribution in [-0.4, -0.2) is 41.0 Å². The Kier molecular flexibility index (Phi) is 5.22. The van der Waals surface area contributed by atoms with Crippen molar-refractivity contribution in [3.05, 3.63) is 54.0 Å². The van der Waals surface area contributed by atoms with Crippen molar-refractivity contribution in [1.29, 1.82) is 0 Å². The van der Waals surface area contributed by atoms with Crippen LogP contribution in [0.1, 0.15) is 30.5 Å². The Bertz CT molecular complexity index is 673. The number of rotatable bonds is 3. The maximum atomic E-state index is 12.7. The minimum atomic E-state index is -4.35. The van der Waals surface area contributed by atoms with Gasteiger partial charge in [0.2, 0.25) is 0 Å². The van der Waals surface area contributed by atoms with Crippen LogP contribution in [0.4, 0.5) is 19.0 Å². The molecule has 1 unspecified atom stereocenters. The molecule has 2 aromatic rings. The number of alkyl halides is 3. The molecule has 1 atom stereocenters. The van der Waals surface area contributed by atoms with Gasteiger partial charge in [0.15, 0.2) is 0 Å². The highest BCUT2D eigenvalue weighted by Crippen LogP contribution is 2.29. The quantitative estimate of drug-likeness (QED) is 0.844. The zero-order valence-corrected chi connectivity index (χ0v) is 14.1. The fraction of sp³-hybridized carbons (Fsp3) is 0.444. The summed E-state index contributed by atoms with van der Waals surface area (Å²) in [6.07, 6.45) is 1.14. The first-order valence-corrected chi connectivity index (χ1v) is 8.37. The third kappa shape index (κ3) is 4.28. The van der Waals surface area contributed by atoms with Crippen molar-refractivity contribution in [3.8, 4) is 0 Å². The van der Waals surface area contributed by atoms with Gasteiger partial charge in [0.1, 0.15) is 5.82 Å². The molecule has 0 N–H and O–H groups in total. The predicted molar refractivity (Wildman–Crippen MR) is 90.3 cm³/mol. The van der Waals surface area contributed by atoms with Crippen molar-refractivity contribution in [2.24, 2.45) is 0 Å². The molecule has 0 saturated carbocycles. The highest BCUT2D eigenvalue weighted by molar-refractivity contribution is 5.40. The lowest BCUT2D eigenvalue weighted by molar-refractivity contribution is -0.137. The van der Waals surface area contributed by atoms with Crippen molar-refractivity contribution < 1.29 is 13.2 Å². The van der Waals surface area contributed by atoms with E-state index in [1.165, 1.54) is 11.6 Å². The second-order valence-electron chi connectivity index (χ2n) is 6.24. The molecule has 2 aromatic heterocycles.